The Balaban J connectivity index is 1.89. The minimum atomic E-state index is -2.79. The maximum absolute atomic E-state index is 12.1. The standard InChI is InChI=1S/C15H18F2N2OS/c1-3-13-8-19-14(21-13)9-18-10(2)11-4-6-12(7-5-11)20-15(16)17/h4-8,10,15,18H,3,9H2,1-2H3. The summed E-state index contributed by atoms with van der Waals surface area (Å²) in [5, 5.41) is 4.42. The van der Waals surface area contributed by atoms with Gasteiger partial charge in [0, 0.05) is 23.7 Å². The number of hydrogen-bond donors (Lipinski definition) is 1. The molecule has 1 unspecified atom stereocenters. The highest BCUT2D eigenvalue weighted by Gasteiger charge is 2.08. The van der Waals surface area contributed by atoms with Crippen molar-refractivity contribution in [2.24, 2.45) is 0 Å². The molecule has 0 saturated heterocycles. The molecule has 1 aromatic heterocycles. The molecule has 6 heteroatoms. The first-order chi connectivity index (χ1) is 10.1. The van der Waals surface area contributed by atoms with Crippen molar-refractivity contribution in [3.8, 4) is 5.75 Å². The van der Waals surface area contributed by atoms with Crippen LogP contribution >= 0.6 is 11.3 Å². The minimum absolute atomic E-state index is 0.111. The number of alkyl halides is 2. The minimum Gasteiger partial charge on any atom is -0.435 e. The van der Waals surface area contributed by atoms with Crippen molar-refractivity contribution in [2.45, 2.75) is 39.5 Å². The molecular weight excluding hydrogens is 294 g/mol. The van der Waals surface area contributed by atoms with Gasteiger partial charge in [0.2, 0.25) is 0 Å². The van der Waals surface area contributed by atoms with E-state index in [9.17, 15) is 8.78 Å². The molecule has 0 bridgehead atoms. The second kappa shape index (κ2) is 7.47. The third-order valence-electron chi connectivity index (χ3n) is 3.11. The van der Waals surface area contributed by atoms with E-state index in [4.69, 9.17) is 0 Å². The van der Waals surface area contributed by atoms with Crippen molar-refractivity contribution in [1.29, 1.82) is 0 Å². The van der Waals surface area contributed by atoms with Gasteiger partial charge < -0.3 is 10.1 Å². The number of halogens is 2. The lowest BCUT2D eigenvalue weighted by Gasteiger charge is -2.14. The maximum atomic E-state index is 12.1. The van der Waals surface area contributed by atoms with Gasteiger partial charge in [-0.3, -0.25) is 0 Å². The van der Waals surface area contributed by atoms with Crippen LogP contribution in [0.4, 0.5) is 8.78 Å². The van der Waals surface area contributed by atoms with Gasteiger partial charge in [0.15, 0.2) is 0 Å². The molecule has 0 aliphatic heterocycles. The van der Waals surface area contributed by atoms with Gasteiger partial charge in [0.25, 0.3) is 0 Å². The molecule has 1 N–H and O–H groups in total. The van der Waals surface area contributed by atoms with Gasteiger partial charge in [0.1, 0.15) is 10.8 Å². The Labute approximate surface area is 127 Å². The molecule has 0 saturated carbocycles. The van der Waals surface area contributed by atoms with Gasteiger partial charge in [-0.1, -0.05) is 19.1 Å². The van der Waals surface area contributed by atoms with E-state index in [0.29, 0.717) is 6.54 Å². The fourth-order valence-corrected chi connectivity index (χ4v) is 2.70. The molecule has 0 radical (unpaired) electrons. The lowest BCUT2D eigenvalue weighted by molar-refractivity contribution is -0.0498. The quantitative estimate of drug-likeness (QED) is 0.833. The first-order valence-electron chi connectivity index (χ1n) is 6.80. The second-order valence-corrected chi connectivity index (χ2v) is 5.82. The lowest BCUT2D eigenvalue weighted by atomic mass is 10.1. The third kappa shape index (κ3) is 4.75. The van der Waals surface area contributed by atoms with Gasteiger partial charge in [0.05, 0.1) is 0 Å². The molecule has 2 aromatic rings. The smallest absolute Gasteiger partial charge is 0.387 e. The molecule has 1 aromatic carbocycles. The number of hydrogen-bond acceptors (Lipinski definition) is 4. The molecule has 1 atom stereocenters. The Morgan fingerprint density at radius 2 is 2.00 bits per heavy atom. The average molecular weight is 312 g/mol. The monoisotopic (exact) mass is 312 g/mol. The van der Waals surface area contributed by atoms with Crippen LogP contribution in [0.15, 0.2) is 30.5 Å². The van der Waals surface area contributed by atoms with Crippen molar-refractivity contribution in [3.05, 3.63) is 45.9 Å². The fraction of sp³-hybridized carbons (Fsp3) is 0.400. The largest absolute Gasteiger partial charge is 0.435 e. The van der Waals surface area contributed by atoms with Crippen LogP contribution in [0.2, 0.25) is 0 Å². The first kappa shape index (κ1) is 15.9. The van der Waals surface area contributed by atoms with E-state index in [1.165, 1.54) is 4.88 Å². The molecule has 0 aliphatic rings. The molecule has 114 valence electrons. The highest BCUT2D eigenvalue weighted by molar-refractivity contribution is 7.11. The van der Waals surface area contributed by atoms with E-state index >= 15 is 0 Å². The summed E-state index contributed by atoms with van der Waals surface area (Å²) in [7, 11) is 0. The molecule has 2 rings (SSSR count). The first-order valence-corrected chi connectivity index (χ1v) is 7.62. The Kier molecular flexibility index (Phi) is 5.64. The number of ether oxygens (including phenoxy) is 1. The number of aromatic nitrogens is 1. The topological polar surface area (TPSA) is 34.2 Å². The zero-order chi connectivity index (χ0) is 15.2. The second-order valence-electron chi connectivity index (χ2n) is 4.62. The molecule has 0 aliphatic carbocycles. The molecule has 3 nitrogen and oxygen atoms in total. The lowest BCUT2D eigenvalue weighted by Crippen LogP contribution is -2.17. The molecule has 1 heterocycles. The Morgan fingerprint density at radius 3 is 2.57 bits per heavy atom. The van der Waals surface area contributed by atoms with E-state index in [1.54, 1.807) is 35.6 Å². The average Bonchev–Trinajstić information content (AvgIpc) is 2.93. The van der Waals surface area contributed by atoms with Crippen LogP contribution < -0.4 is 10.1 Å². The van der Waals surface area contributed by atoms with Crippen LogP contribution in [-0.4, -0.2) is 11.6 Å². The summed E-state index contributed by atoms with van der Waals surface area (Å²) in [5.41, 5.74) is 1.02. The summed E-state index contributed by atoms with van der Waals surface area (Å²) in [6, 6.07) is 6.79. The summed E-state index contributed by atoms with van der Waals surface area (Å²) in [4.78, 5) is 5.62. The van der Waals surface area contributed by atoms with Crippen molar-refractivity contribution in [1.82, 2.24) is 10.3 Å². The number of rotatable bonds is 7. The van der Waals surface area contributed by atoms with Crippen LogP contribution in [0.3, 0.4) is 0 Å². The summed E-state index contributed by atoms with van der Waals surface area (Å²) >= 11 is 1.70. The third-order valence-corrected chi connectivity index (χ3v) is 4.26. The number of nitrogens with zero attached hydrogens (tertiary/aromatic N) is 1. The van der Waals surface area contributed by atoms with Crippen molar-refractivity contribution in [3.63, 3.8) is 0 Å². The molecule has 0 fully saturated rings. The van der Waals surface area contributed by atoms with Crippen molar-refractivity contribution in [2.75, 3.05) is 0 Å². The summed E-state index contributed by atoms with van der Waals surface area (Å²) in [6.45, 7) is 2.04. The maximum Gasteiger partial charge on any atom is 0.387 e. The van der Waals surface area contributed by atoms with Gasteiger partial charge >= 0.3 is 6.61 Å². The highest BCUT2D eigenvalue weighted by Crippen LogP contribution is 2.20. The zero-order valence-corrected chi connectivity index (χ0v) is 12.8. The zero-order valence-electron chi connectivity index (χ0n) is 12.0. The molecular formula is C15H18F2N2OS. The number of benzene rings is 1. The van der Waals surface area contributed by atoms with E-state index in [1.807, 2.05) is 13.1 Å². The van der Waals surface area contributed by atoms with Crippen LogP contribution in [0, 0.1) is 0 Å². The predicted molar refractivity (Wildman–Crippen MR) is 79.8 cm³/mol. The van der Waals surface area contributed by atoms with E-state index in [-0.39, 0.29) is 11.8 Å². The Bertz CT molecular complexity index is 557. The Hall–Kier alpha value is -1.53. The van der Waals surface area contributed by atoms with Crippen molar-refractivity contribution >= 4 is 11.3 Å². The van der Waals surface area contributed by atoms with Crippen molar-refractivity contribution < 1.29 is 13.5 Å². The molecule has 0 amide bonds. The number of aryl methyl sites for hydroxylation is 1. The van der Waals surface area contributed by atoms with Gasteiger partial charge in [-0.2, -0.15) is 8.78 Å². The fourth-order valence-electron chi connectivity index (χ4n) is 1.89. The van der Waals surface area contributed by atoms with Crippen LogP contribution in [0.5, 0.6) is 5.75 Å². The Morgan fingerprint density at radius 1 is 1.29 bits per heavy atom. The van der Waals surface area contributed by atoms with Gasteiger partial charge in [-0.05, 0) is 31.0 Å². The summed E-state index contributed by atoms with van der Waals surface area (Å²) in [6.07, 6.45) is 2.90. The molecule has 21 heavy (non-hydrogen) atoms. The highest BCUT2D eigenvalue weighted by atomic mass is 32.1. The van der Waals surface area contributed by atoms with Crippen LogP contribution in [0.25, 0.3) is 0 Å². The predicted octanol–water partition coefficient (Wildman–Crippen LogP) is 4.16. The number of thiazole rings is 1. The number of nitrogens with one attached hydrogen (secondary N) is 1. The summed E-state index contributed by atoms with van der Waals surface area (Å²) in [5.74, 6) is 0.175. The van der Waals surface area contributed by atoms with E-state index < -0.39 is 6.61 Å². The van der Waals surface area contributed by atoms with Gasteiger partial charge in [-0.15, -0.1) is 11.3 Å². The normalized spacial score (nSPS) is 12.6. The van der Waals surface area contributed by atoms with E-state index in [0.717, 1.165) is 17.0 Å². The molecule has 0 spiro atoms. The van der Waals surface area contributed by atoms with Gasteiger partial charge in [-0.25, -0.2) is 4.98 Å². The summed E-state index contributed by atoms with van der Waals surface area (Å²) < 4.78 is 28.5. The van der Waals surface area contributed by atoms with E-state index in [2.05, 4.69) is 22.0 Å². The van der Waals surface area contributed by atoms with Crippen LogP contribution in [-0.2, 0) is 13.0 Å². The SMILES string of the molecule is CCc1cnc(CNC(C)c2ccc(OC(F)F)cc2)s1. The van der Waals surface area contributed by atoms with Crippen LogP contribution in [0.1, 0.15) is 35.3 Å².